The molecule has 2 aromatic rings. The fraction of sp³-hybridized carbons (Fsp3) is 0.412. The molecule has 0 bridgehead atoms. The van der Waals surface area contributed by atoms with Crippen LogP contribution in [0.1, 0.15) is 39.8 Å². The van der Waals surface area contributed by atoms with Crippen molar-refractivity contribution in [2.24, 2.45) is 0 Å². The predicted molar refractivity (Wildman–Crippen MR) is 88.0 cm³/mol. The summed E-state index contributed by atoms with van der Waals surface area (Å²) in [5.74, 6) is 0.203. The van der Waals surface area contributed by atoms with Gasteiger partial charge in [0.2, 0.25) is 0 Å². The lowest BCUT2D eigenvalue weighted by molar-refractivity contribution is 0.0933. The lowest BCUT2D eigenvalue weighted by Crippen LogP contribution is -2.29. The van der Waals surface area contributed by atoms with Gasteiger partial charge in [0.1, 0.15) is 0 Å². The Balaban J connectivity index is 2.00. The summed E-state index contributed by atoms with van der Waals surface area (Å²) in [6.45, 7) is 8.19. The van der Waals surface area contributed by atoms with E-state index in [0.717, 1.165) is 35.8 Å². The highest BCUT2D eigenvalue weighted by atomic mass is 32.1. The van der Waals surface area contributed by atoms with Crippen LogP contribution in [0.25, 0.3) is 0 Å². The van der Waals surface area contributed by atoms with E-state index in [0.29, 0.717) is 6.54 Å². The number of nitrogens with zero attached hydrogens (tertiary/aromatic N) is 2. The number of hydrogen-bond acceptors (Lipinski definition) is 4. The number of ketones is 1. The Morgan fingerprint density at radius 1 is 1.24 bits per heavy atom. The molecule has 2 rings (SSSR count). The molecule has 0 aromatic carbocycles. The molecular weight excluding hydrogens is 280 g/mol. The number of thiophene rings is 1. The van der Waals surface area contributed by atoms with Crippen LogP contribution in [-0.2, 0) is 13.0 Å². The van der Waals surface area contributed by atoms with Crippen LogP contribution < -0.4 is 0 Å². The van der Waals surface area contributed by atoms with Crippen LogP contribution in [0, 0.1) is 6.92 Å². The standard InChI is InChI=1S/C17H22N2OS/c1-4-15-9-10-17(21-15)16(20)12-19(5-2)11-14-8-6-7-13(3)18-14/h6-10H,4-5,11-12H2,1-3H3. The number of Topliss-reactive ketones (excluding diaryl/α,β-unsaturated/α-hetero) is 1. The molecule has 2 heterocycles. The Morgan fingerprint density at radius 3 is 2.67 bits per heavy atom. The third-order valence-electron chi connectivity index (χ3n) is 3.43. The van der Waals surface area contributed by atoms with Gasteiger partial charge in [0.05, 0.1) is 17.1 Å². The first-order valence-corrected chi connectivity index (χ1v) is 8.20. The molecule has 0 fully saturated rings. The lowest BCUT2D eigenvalue weighted by Gasteiger charge is -2.18. The second kappa shape index (κ2) is 7.48. The summed E-state index contributed by atoms with van der Waals surface area (Å²) in [6, 6.07) is 10.0. The minimum absolute atomic E-state index is 0.203. The molecule has 0 spiro atoms. The van der Waals surface area contributed by atoms with Gasteiger partial charge in [0, 0.05) is 17.1 Å². The predicted octanol–water partition coefficient (Wildman–Crippen LogP) is 3.72. The molecule has 0 N–H and O–H groups in total. The molecule has 0 saturated heterocycles. The number of pyridine rings is 1. The molecule has 0 aliphatic carbocycles. The molecule has 2 aromatic heterocycles. The first-order valence-electron chi connectivity index (χ1n) is 7.39. The van der Waals surface area contributed by atoms with Crippen molar-refractivity contribution in [2.45, 2.75) is 33.7 Å². The number of aromatic nitrogens is 1. The van der Waals surface area contributed by atoms with Crippen molar-refractivity contribution in [3.8, 4) is 0 Å². The fourth-order valence-electron chi connectivity index (χ4n) is 2.19. The highest BCUT2D eigenvalue weighted by Gasteiger charge is 2.14. The zero-order chi connectivity index (χ0) is 15.2. The van der Waals surface area contributed by atoms with Crippen LogP contribution in [0.15, 0.2) is 30.3 Å². The zero-order valence-electron chi connectivity index (χ0n) is 12.9. The van der Waals surface area contributed by atoms with E-state index in [1.165, 1.54) is 4.88 Å². The summed E-state index contributed by atoms with van der Waals surface area (Å²) in [6.07, 6.45) is 0.989. The van der Waals surface area contributed by atoms with E-state index in [2.05, 4.69) is 29.8 Å². The van der Waals surface area contributed by atoms with Crippen molar-refractivity contribution in [3.05, 3.63) is 51.5 Å². The van der Waals surface area contributed by atoms with Crippen molar-refractivity contribution in [1.82, 2.24) is 9.88 Å². The Hall–Kier alpha value is -1.52. The summed E-state index contributed by atoms with van der Waals surface area (Å²) < 4.78 is 0. The third-order valence-corrected chi connectivity index (χ3v) is 4.70. The summed E-state index contributed by atoms with van der Waals surface area (Å²) in [5.41, 5.74) is 2.03. The first-order chi connectivity index (χ1) is 10.1. The Kier molecular flexibility index (Phi) is 5.65. The maximum Gasteiger partial charge on any atom is 0.186 e. The van der Waals surface area contributed by atoms with E-state index >= 15 is 0 Å². The molecule has 0 unspecified atom stereocenters. The van der Waals surface area contributed by atoms with Gasteiger partial charge in [0.25, 0.3) is 0 Å². The molecule has 0 amide bonds. The van der Waals surface area contributed by atoms with Gasteiger partial charge in [-0.3, -0.25) is 14.7 Å². The van der Waals surface area contributed by atoms with E-state index < -0.39 is 0 Å². The minimum Gasteiger partial charge on any atom is -0.292 e. The van der Waals surface area contributed by atoms with Crippen LogP contribution >= 0.6 is 11.3 Å². The average molecular weight is 302 g/mol. The van der Waals surface area contributed by atoms with E-state index in [4.69, 9.17) is 0 Å². The van der Waals surface area contributed by atoms with E-state index in [9.17, 15) is 4.79 Å². The number of rotatable bonds is 7. The highest BCUT2D eigenvalue weighted by Crippen LogP contribution is 2.18. The molecule has 0 aliphatic rings. The van der Waals surface area contributed by atoms with Crippen LogP contribution in [0.4, 0.5) is 0 Å². The first kappa shape index (κ1) is 15.9. The van der Waals surface area contributed by atoms with Crippen LogP contribution in [0.3, 0.4) is 0 Å². The van der Waals surface area contributed by atoms with Crippen molar-refractivity contribution in [2.75, 3.05) is 13.1 Å². The van der Waals surface area contributed by atoms with Crippen LogP contribution in [-0.4, -0.2) is 28.8 Å². The van der Waals surface area contributed by atoms with Gasteiger partial charge in [-0.25, -0.2) is 0 Å². The van der Waals surface area contributed by atoms with Gasteiger partial charge < -0.3 is 0 Å². The second-order valence-corrected chi connectivity index (χ2v) is 6.28. The number of likely N-dealkylation sites (N-methyl/N-ethyl adjacent to an activating group) is 1. The summed E-state index contributed by atoms with van der Waals surface area (Å²) in [5, 5.41) is 0. The zero-order valence-corrected chi connectivity index (χ0v) is 13.7. The minimum atomic E-state index is 0.203. The van der Waals surface area contributed by atoms with Gasteiger partial charge >= 0.3 is 0 Å². The molecule has 0 radical (unpaired) electrons. The SMILES string of the molecule is CCc1ccc(C(=O)CN(CC)Cc2cccc(C)n2)s1. The Labute approximate surface area is 130 Å². The van der Waals surface area contributed by atoms with Crippen LogP contribution in [0.5, 0.6) is 0 Å². The average Bonchev–Trinajstić information content (AvgIpc) is 2.95. The van der Waals surface area contributed by atoms with Gasteiger partial charge in [0.15, 0.2) is 5.78 Å². The van der Waals surface area contributed by atoms with E-state index in [-0.39, 0.29) is 5.78 Å². The van der Waals surface area contributed by atoms with E-state index in [1.807, 2.05) is 31.2 Å². The largest absolute Gasteiger partial charge is 0.292 e. The van der Waals surface area contributed by atoms with Gasteiger partial charge in [-0.2, -0.15) is 0 Å². The molecule has 0 atom stereocenters. The maximum absolute atomic E-state index is 12.3. The molecule has 112 valence electrons. The van der Waals surface area contributed by atoms with E-state index in [1.54, 1.807) is 11.3 Å². The number of hydrogen-bond donors (Lipinski definition) is 0. The van der Waals surface area contributed by atoms with Gasteiger partial charge in [-0.1, -0.05) is 19.9 Å². The molecule has 0 aliphatic heterocycles. The second-order valence-electron chi connectivity index (χ2n) is 5.12. The summed E-state index contributed by atoms with van der Waals surface area (Å²) in [4.78, 5) is 21.1. The van der Waals surface area contributed by atoms with Crippen molar-refractivity contribution in [1.29, 1.82) is 0 Å². The third kappa shape index (κ3) is 4.48. The fourth-order valence-corrected chi connectivity index (χ4v) is 3.07. The molecular formula is C17H22N2OS. The van der Waals surface area contributed by atoms with Gasteiger partial charge in [-0.15, -0.1) is 11.3 Å². The van der Waals surface area contributed by atoms with Crippen molar-refractivity contribution in [3.63, 3.8) is 0 Å². The normalized spacial score (nSPS) is 11.0. The molecule has 3 nitrogen and oxygen atoms in total. The number of carbonyl (C=O) groups excluding carboxylic acids is 1. The number of aryl methyl sites for hydroxylation is 2. The Bertz CT molecular complexity index is 606. The molecule has 21 heavy (non-hydrogen) atoms. The quantitative estimate of drug-likeness (QED) is 0.731. The van der Waals surface area contributed by atoms with Crippen LogP contribution in [0.2, 0.25) is 0 Å². The monoisotopic (exact) mass is 302 g/mol. The smallest absolute Gasteiger partial charge is 0.186 e. The lowest BCUT2D eigenvalue weighted by atomic mass is 10.2. The Morgan fingerprint density at radius 2 is 2.05 bits per heavy atom. The van der Waals surface area contributed by atoms with Crippen molar-refractivity contribution < 1.29 is 4.79 Å². The maximum atomic E-state index is 12.3. The molecule has 0 saturated carbocycles. The van der Waals surface area contributed by atoms with Crippen molar-refractivity contribution >= 4 is 17.1 Å². The highest BCUT2D eigenvalue weighted by molar-refractivity contribution is 7.14. The number of carbonyl (C=O) groups is 1. The van der Waals surface area contributed by atoms with Gasteiger partial charge in [-0.05, 0) is 44.2 Å². The summed E-state index contributed by atoms with van der Waals surface area (Å²) >= 11 is 1.61. The molecule has 4 heteroatoms. The summed E-state index contributed by atoms with van der Waals surface area (Å²) in [7, 11) is 0. The topological polar surface area (TPSA) is 33.2 Å².